The minimum atomic E-state index is -2.60. The number of methoxy groups -OCH3 is 1. The van der Waals surface area contributed by atoms with Crippen molar-refractivity contribution < 1.29 is 25.9 Å². The summed E-state index contributed by atoms with van der Waals surface area (Å²) in [7, 11) is 1.53. The van der Waals surface area contributed by atoms with Gasteiger partial charge in [0, 0.05) is 29.0 Å². The van der Waals surface area contributed by atoms with E-state index < -0.39 is 43.2 Å². The predicted molar refractivity (Wildman–Crippen MR) is 110 cm³/mol. The fourth-order valence-electron chi connectivity index (χ4n) is 2.92. The SMILES string of the molecule is [2H]C([2H])([2H])NCC([2H])([2H])N1C(=O)[C@H](OC(C)=O)[C@H](c2ccc(OC)cc2)Sc2ccccc21. The van der Waals surface area contributed by atoms with Gasteiger partial charge >= 0.3 is 5.97 Å². The van der Waals surface area contributed by atoms with Crippen molar-refractivity contribution in [2.75, 3.05) is 32.0 Å². The molecule has 28 heavy (non-hydrogen) atoms. The Morgan fingerprint density at radius 1 is 1.29 bits per heavy atom. The molecule has 0 saturated carbocycles. The molecule has 1 N–H and O–H groups in total. The van der Waals surface area contributed by atoms with Gasteiger partial charge in [0.25, 0.3) is 5.91 Å². The molecular formula is C21H24N2O4S. The van der Waals surface area contributed by atoms with Gasteiger partial charge in [0.15, 0.2) is 6.10 Å². The molecule has 2 aromatic carbocycles. The number of rotatable bonds is 6. The molecule has 2 aromatic rings. The largest absolute Gasteiger partial charge is 0.497 e. The van der Waals surface area contributed by atoms with Crippen molar-refractivity contribution in [3.63, 3.8) is 0 Å². The van der Waals surface area contributed by atoms with Gasteiger partial charge < -0.3 is 19.7 Å². The molecule has 3 rings (SSSR count). The van der Waals surface area contributed by atoms with Crippen LogP contribution in [0.4, 0.5) is 5.69 Å². The number of hydrogen-bond acceptors (Lipinski definition) is 6. The number of nitrogens with one attached hydrogen (secondary N) is 1. The lowest BCUT2D eigenvalue weighted by molar-refractivity contribution is -0.152. The topological polar surface area (TPSA) is 67.9 Å². The molecule has 0 aliphatic carbocycles. The average Bonchev–Trinajstić information content (AvgIpc) is 2.87. The number of benzene rings is 2. The summed E-state index contributed by atoms with van der Waals surface area (Å²) in [5.41, 5.74) is 0.941. The van der Waals surface area contributed by atoms with Gasteiger partial charge in [-0.05, 0) is 36.8 Å². The zero-order valence-electron chi connectivity index (χ0n) is 20.5. The Morgan fingerprint density at radius 2 is 2.04 bits per heavy atom. The number of para-hydroxylation sites is 1. The number of fused-ring (bicyclic) bond motifs is 1. The summed E-state index contributed by atoms with van der Waals surface area (Å²) in [6.07, 6.45) is -1.35. The average molecular weight is 406 g/mol. The Morgan fingerprint density at radius 3 is 2.71 bits per heavy atom. The first-order chi connectivity index (χ1) is 15.4. The van der Waals surface area contributed by atoms with Crippen LogP contribution in [0.1, 0.15) is 24.6 Å². The first-order valence-corrected chi connectivity index (χ1v) is 9.47. The summed E-state index contributed by atoms with van der Waals surface area (Å²) in [5, 5.41) is 1.47. The highest BCUT2D eigenvalue weighted by Crippen LogP contribution is 2.46. The quantitative estimate of drug-likeness (QED) is 0.745. The van der Waals surface area contributed by atoms with Crippen LogP contribution in [0, 0.1) is 0 Å². The van der Waals surface area contributed by atoms with E-state index in [0.29, 0.717) is 16.2 Å². The Kier molecular flexibility index (Phi) is 4.72. The fourth-order valence-corrected chi connectivity index (χ4v) is 4.22. The first kappa shape index (κ1) is 14.5. The second kappa shape index (κ2) is 9.12. The van der Waals surface area contributed by atoms with Crippen molar-refractivity contribution in [2.24, 2.45) is 0 Å². The van der Waals surface area contributed by atoms with Gasteiger partial charge in [-0.15, -0.1) is 11.8 Å². The smallest absolute Gasteiger partial charge is 0.303 e. The van der Waals surface area contributed by atoms with E-state index in [1.54, 1.807) is 48.5 Å². The number of likely N-dealkylation sites (N-methyl/N-ethyl adjacent to an activating group) is 1. The normalized spacial score (nSPS) is 22.6. The predicted octanol–water partition coefficient (Wildman–Crippen LogP) is 3.03. The molecule has 0 spiro atoms. The van der Waals surface area contributed by atoms with Gasteiger partial charge in [-0.2, -0.15) is 0 Å². The lowest BCUT2D eigenvalue weighted by Gasteiger charge is -2.27. The van der Waals surface area contributed by atoms with Crippen LogP contribution in [0.5, 0.6) is 5.75 Å². The second-order valence-corrected chi connectivity index (χ2v) is 7.18. The van der Waals surface area contributed by atoms with Gasteiger partial charge in [-0.3, -0.25) is 9.59 Å². The van der Waals surface area contributed by atoms with E-state index in [1.807, 2.05) is 0 Å². The monoisotopic (exact) mass is 405 g/mol. The van der Waals surface area contributed by atoms with Crippen LogP contribution in [0.15, 0.2) is 53.4 Å². The summed E-state index contributed by atoms with van der Waals surface area (Å²) in [6.45, 7) is -4.52. The molecule has 0 fully saturated rings. The third-order valence-corrected chi connectivity index (χ3v) is 5.53. The van der Waals surface area contributed by atoms with E-state index in [9.17, 15) is 9.59 Å². The number of ether oxygens (including phenoxy) is 2. The van der Waals surface area contributed by atoms with Crippen LogP contribution in [0.3, 0.4) is 0 Å². The number of esters is 1. The molecule has 0 radical (unpaired) electrons. The molecule has 148 valence electrons. The summed E-state index contributed by atoms with van der Waals surface area (Å²) in [6, 6.07) is 13.7. The van der Waals surface area contributed by atoms with Gasteiger partial charge in [0.1, 0.15) is 5.75 Å². The number of thioether (sulfide) groups is 1. The van der Waals surface area contributed by atoms with Crippen molar-refractivity contribution in [1.29, 1.82) is 0 Å². The van der Waals surface area contributed by atoms with Crippen molar-refractivity contribution in [3.05, 3.63) is 54.1 Å². The highest BCUT2D eigenvalue weighted by Gasteiger charge is 2.40. The van der Waals surface area contributed by atoms with Crippen molar-refractivity contribution in [2.45, 2.75) is 23.2 Å². The number of carbonyl (C=O) groups excluding carboxylic acids is 2. The Hall–Kier alpha value is -2.51. The summed E-state index contributed by atoms with van der Waals surface area (Å²) < 4.78 is 49.7. The van der Waals surface area contributed by atoms with Crippen molar-refractivity contribution in [1.82, 2.24) is 5.32 Å². The molecule has 1 aliphatic rings. The number of nitrogens with zero attached hydrogens (tertiary/aromatic N) is 1. The zero-order valence-corrected chi connectivity index (χ0v) is 16.3. The molecule has 2 atom stereocenters. The van der Waals surface area contributed by atoms with Crippen LogP contribution in [0.25, 0.3) is 0 Å². The van der Waals surface area contributed by atoms with Crippen molar-refractivity contribution >= 4 is 29.3 Å². The molecule has 0 bridgehead atoms. The van der Waals surface area contributed by atoms with Crippen LogP contribution >= 0.6 is 11.8 Å². The molecule has 1 amide bonds. The third kappa shape index (κ3) is 4.31. The van der Waals surface area contributed by atoms with Gasteiger partial charge in [-0.1, -0.05) is 24.3 Å². The molecule has 7 heteroatoms. The zero-order chi connectivity index (χ0) is 24.4. The highest BCUT2D eigenvalue weighted by atomic mass is 32.2. The van der Waals surface area contributed by atoms with E-state index in [0.717, 1.165) is 4.90 Å². The van der Waals surface area contributed by atoms with E-state index in [4.69, 9.17) is 16.3 Å². The summed E-state index contributed by atoms with van der Waals surface area (Å²) in [4.78, 5) is 27.1. The van der Waals surface area contributed by atoms with E-state index in [-0.39, 0.29) is 5.69 Å². The summed E-state index contributed by atoms with van der Waals surface area (Å²) >= 11 is 1.26. The van der Waals surface area contributed by atoms with Crippen LogP contribution in [-0.2, 0) is 14.3 Å². The molecule has 0 aromatic heterocycles. The highest BCUT2D eigenvalue weighted by molar-refractivity contribution is 7.99. The molecule has 0 unspecified atom stereocenters. The minimum absolute atomic E-state index is 0.262. The Balaban J connectivity index is 2.11. The van der Waals surface area contributed by atoms with Crippen LogP contribution < -0.4 is 15.0 Å². The molecule has 1 heterocycles. The van der Waals surface area contributed by atoms with Crippen LogP contribution in [0.2, 0.25) is 0 Å². The maximum Gasteiger partial charge on any atom is 0.303 e. The Labute approximate surface area is 176 Å². The Bertz CT molecular complexity index is 1020. The molecule has 6 nitrogen and oxygen atoms in total. The maximum absolute atomic E-state index is 13.7. The molecule has 1 aliphatic heterocycles. The van der Waals surface area contributed by atoms with E-state index in [2.05, 4.69) is 5.32 Å². The standard InChI is InChI=1S/C21H24N2O4S/c1-14(24)27-19-20(15-8-10-16(26-3)11-9-15)28-18-7-5-4-6-17(18)23(21(19)25)13-12-22-2/h4-11,19-20,22H,12-13H2,1-3H3/t19-,20+/m1/s1/i2D3,13D2. The van der Waals surface area contributed by atoms with E-state index in [1.165, 1.54) is 25.8 Å². The van der Waals surface area contributed by atoms with Crippen LogP contribution in [-0.4, -0.2) is 45.1 Å². The third-order valence-electron chi connectivity index (χ3n) is 4.16. The van der Waals surface area contributed by atoms with Gasteiger partial charge in [0.05, 0.1) is 20.8 Å². The fraction of sp³-hybridized carbons (Fsp3) is 0.333. The first-order valence-electron chi connectivity index (χ1n) is 11.1. The number of amides is 1. The lowest BCUT2D eigenvalue weighted by Crippen LogP contribution is -2.45. The maximum atomic E-state index is 13.7. The molecular weight excluding hydrogens is 376 g/mol. The second-order valence-electron chi connectivity index (χ2n) is 5.99. The number of hydrogen-bond donors (Lipinski definition) is 1. The lowest BCUT2D eigenvalue weighted by atomic mass is 10.1. The summed E-state index contributed by atoms with van der Waals surface area (Å²) in [5.74, 6) is -0.873. The number of carbonyl (C=O) groups is 2. The minimum Gasteiger partial charge on any atom is -0.497 e. The van der Waals surface area contributed by atoms with Gasteiger partial charge in [-0.25, -0.2) is 0 Å². The van der Waals surface area contributed by atoms with Crippen molar-refractivity contribution in [3.8, 4) is 5.75 Å². The van der Waals surface area contributed by atoms with Gasteiger partial charge in [0.2, 0.25) is 0 Å². The molecule has 0 saturated heterocycles. The number of anilines is 1. The van der Waals surface area contributed by atoms with E-state index >= 15 is 0 Å².